The molecule has 0 aliphatic rings. The maximum Gasteiger partial charge on any atom is 0.140 e. The van der Waals surface area contributed by atoms with Gasteiger partial charge in [-0.2, -0.15) is 0 Å². The van der Waals surface area contributed by atoms with Crippen LogP contribution in [0.2, 0.25) is 5.02 Å². The fourth-order valence-corrected chi connectivity index (χ4v) is 2.43. The first-order valence-electron chi connectivity index (χ1n) is 5.73. The van der Waals surface area contributed by atoms with E-state index in [1.807, 2.05) is 38.1 Å². The molecule has 0 saturated heterocycles. The molecule has 2 heterocycles. The van der Waals surface area contributed by atoms with Gasteiger partial charge >= 0.3 is 0 Å². The summed E-state index contributed by atoms with van der Waals surface area (Å²) in [7, 11) is 0. The van der Waals surface area contributed by atoms with Crippen molar-refractivity contribution in [2.45, 2.75) is 13.8 Å². The summed E-state index contributed by atoms with van der Waals surface area (Å²) in [5.41, 5.74) is 4.85. The van der Waals surface area contributed by atoms with Gasteiger partial charge in [0.25, 0.3) is 0 Å². The van der Waals surface area contributed by atoms with Gasteiger partial charge in [-0.1, -0.05) is 23.7 Å². The molecule has 0 aliphatic heterocycles. The van der Waals surface area contributed by atoms with Crippen LogP contribution in [0.1, 0.15) is 11.3 Å². The number of hydrogen-bond acceptors (Lipinski definition) is 2. The molecule has 18 heavy (non-hydrogen) atoms. The third kappa shape index (κ3) is 1.68. The molecule has 90 valence electrons. The van der Waals surface area contributed by atoms with Crippen molar-refractivity contribution in [1.82, 2.24) is 15.0 Å². The Balaban J connectivity index is 2.30. The van der Waals surface area contributed by atoms with E-state index in [-0.39, 0.29) is 0 Å². The van der Waals surface area contributed by atoms with Crippen molar-refractivity contribution in [3.63, 3.8) is 0 Å². The Bertz CT molecular complexity index is 711. The number of aromatic amines is 1. The van der Waals surface area contributed by atoms with Crippen LogP contribution in [0.5, 0.6) is 0 Å². The van der Waals surface area contributed by atoms with E-state index < -0.39 is 0 Å². The molecule has 0 amide bonds. The van der Waals surface area contributed by atoms with Crippen molar-refractivity contribution in [2.24, 2.45) is 0 Å². The number of nitrogens with zero attached hydrogens (tertiary/aromatic N) is 2. The highest BCUT2D eigenvalue weighted by atomic mass is 35.5. The highest BCUT2D eigenvalue weighted by Crippen LogP contribution is 2.30. The number of nitrogens with one attached hydrogen (secondary N) is 1. The van der Waals surface area contributed by atoms with Crippen LogP contribution in [0.3, 0.4) is 0 Å². The van der Waals surface area contributed by atoms with E-state index in [0.717, 1.165) is 33.7 Å². The lowest BCUT2D eigenvalue weighted by Crippen LogP contribution is -1.86. The smallest absolute Gasteiger partial charge is 0.140 e. The molecule has 0 saturated carbocycles. The predicted octanol–water partition coefficient (Wildman–Crippen LogP) is 3.90. The Morgan fingerprint density at radius 1 is 1.17 bits per heavy atom. The Labute approximate surface area is 110 Å². The van der Waals surface area contributed by atoms with E-state index in [4.69, 9.17) is 11.6 Å². The lowest BCUT2D eigenvalue weighted by molar-refractivity contribution is 1.22. The average molecular weight is 258 g/mol. The van der Waals surface area contributed by atoms with Crippen molar-refractivity contribution < 1.29 is 0 Å². The van der Waals surface area contributed by atoms with Gasteiger partial charge in [-0.05, 0) is 31.5 Å². The second-order valence-corrected chi connectivity index (χ2v) is 4.72. The lowest BCUT2D eigenvalue weighted by Gasteiger charge is -2.04. The Morgan fingerprint density at radius 3 is 2.72 bits per heavy atom. The standard InChI is InChI=1S/C14H12ClN3/c1-8-4-3-5-10(15)12(8)14-17-11-6-7-16-9(2)13(11)18-14/h3-7H,1-2H3,(H,17,18). The van der Waals surface area contributed by atoms with Crippen LogP contribution in [0.4, 0.5) is 0 Å². The van der Waals surface area contributed by atoms with E-state index in [1.165, 1.54) is 0 Å². The van der Waals surface area contributed by atoms with Crippen molar-refractivity contribution in [3.8, 4) is 11.4 Å². The second kappa shape index (κ2) is 4.10. The zero-order valence-electron chi connectivity index (χ0n) is 10.2. The first-order chi connectivity index (χ1) is 8.66. The van der Waals surface area contributed by atoms with Crippen molar-refractivity contribution in [3.05, 3.63) is 46.7 Å². The summed E-state index contributed by atoms with van der Waals surface area (Å²) in [6.07, 6.45) is 1.78. The van der Waals surface area contributed by atoms with Gasteiger partial charge in [0, 0.05) is 11.8 Å². The van der Waals surface area contributed by atoms with Gasteiger partial charge in [-0.25, -0.2) is 4.98 Å². The molecule has 1 aromatic carbocycles. The van der Waals surface area contributed by atoms with Gasteiger partial charge in [0.2, 0.25) is 0 Å². The number of H-pyrrole nitrogens is 1. The van der Waals surface area contributed by atoms with Crippen molar-refractivity contribution in [2.75, 3.05) is 0 Å². The summed E-state index contributed by atoms with van der Waals surface area (Å²) < 4.78 is 0. The molecular weight excluding hydrogens is 246 g/mol. The van der Waals surface area contributed by atoms with E-state index in [9.17, 15) is 0 Å². The number of aryl methyl sites for hydroxylation is 2. The highest BCUT2D eigenvalue weighted by molar-refractivity contribution is 6.33. The molecule has 0 fully saturated rings. The third-order valence-corrected chi connectivity index (χ3v) is 3.36. The van der Waals surface area contributed by atoms with Crippen LogP contribution in [-0.2, 0) is 0 Å². The predicted molar refractivity (Wildman–Crippen MR) is 73.8 cm³/mol. The number of imidazole rings is 1. The van der Waals surface area contributed by atoms with E-state index in [1.54, 1.807) is 6.20 Å². The molecule has 3 nitrogen and oxygen atoms in total. The summed E-state index contributed by atoms with van der Waals surface area (Å²) in [5.74, 6) is 0.796. The van der Waals surface area contributed by atoms with E-state index in [2.05, 4.69) is 15.0 Å². The van der Waals surface area contributed by atoms with Crippen LogP contribution in [0.25, 0.3) is 22.4 Å². The largest absolute Gasteiger partial charge is 0.338 e. The Morgan fingerprint density at radius 2 is 2.00 bits per heavy atom. The number of pyridine rings is 1. The van der Waals surface area contributed by atoms with Crippen molar-refractivity contribution in [1.29, 1.82) is 0 Å². The summed E-state index contributed by atoms with van der Waals surface area (Å²) in [6, 6.07) is 7.77. The van der Waals surface area contributed by atoms with Crippen LogP contribution in [-0.4, -0.2) is 15.0 Å². The summed E-state index contributed by atoms with van der Waals surface area (Å²) in [6.45, 7) is 3.98. The first kappa shape index (κ1) is 11.2. The van der Waals surface area contributed by atoms with Gasteiger partial charge < -0.3 is 4.98 Å². The molecule has 1 N–H and O–H groups in total. The number of halogens is 1. The normalized spacial score (nSPS) is 11.1. The van der Waals surface area contributed by atoms with Gasteiger partial charge in [0.05, 0.1) is 16.2 Å². The average Bonchev–Trinajstić information content (AvgIpc) is 2.74. The molecule has 0 radical (unpaired) electrons. The first-order valence-corrected chi connectivity index (χ1v) is 6.11. The molecule has 0 atom stereocenters. The van der Waals surface area contributed by atoms with Crippen molar-refractivity contribution >= 4 is 22.6 Å². The van der Waals surface area contributed by atoms with Crippen LogP contribution in [0, 0.1) is 13.8 Å². The minimum absolute atomic E-state index is 0.708. The van der Waals surface area contributed by atoms with E-state index >= 15 is 0 Å². The summed E-state index contributed by atoms with van der Waals surface area (Å²) in [4.78, 5) is 12.1. The monoisotopic (exact) mass is 257 g/mol. The Hall–Kier alpha value is -1.87. The molecule has 3 rings (SSSR count). The fourth-order valence-electron chi connectivity index (χ4n) is 2.12. The number of fused-ring (bicyclic) bond motifs is 1. The minimum Gasteiger partial charge on any atom is -0.338 e. The minimum atomic E-state index is 0.708. The molecule has 0 bridgehead atoms. The maximum atomic E-state index is 6.26. The molecule has 0 unspecified atom stereocenters. The van der Waals surface area contributed by atoms with Gasteiger partial charge in [-0.15, -0.1) is 0 Å². The van der Waals surface area contributed by atoms with Gasteiger partial charge in [0.1, 0.15) is 11.3 Å². The second-order valence-electron chi connectivity index (χ2n) is 4.31. The van der Waals surface area contributed by atoms with Gasteiger partial charge in [-0.3, -0.25) is 4.98 Å². The maximum absolute atomic E-state index is 6.26. The fraction of sp³-hybridized carbons (Fsp3) is 0.143. The number of rotatable bonds is 1. The lowest BCUT2D eigenvalue weighted by atomic mass is 10.1. The number of hydrogen-bond donors (Lipinski definition) is 1. The number of aromatic nitrogens is 3. The van der Waals surface area contributed by atoms with E-state index in [0.29, 0.717) is 5.02 Å². The molecule has 0 spiro atoms. The zero-order chi connectivity index (χ0) is 12.7. The van der Waals surface area contributed by atoms with Crippen LogP contribution < -0.4 is 0 Å². The molecule has 2 aromatic heterocycles. The Kier molecular flexibility index (Phi) is 2.56. The molecule has 0 aliphatic carbocycles. The molecule has 3 aromatic rings. The molecule has 4 heteroatoms. The summed E-state index contributed by atoms with van der Waals surface area (Å²) in [5, 5.41) is 0.708. The summed E-state index contributed by atoms with van der Waals surface area (Å²) >= 11 is 6.26. The highest BCUT2D eigenvalue weighted by Gasteiger charge is 2.12. The quantitative estimate of drug-likeness (QED) is 0.718. The van der Waals surface area contributed by atoms with Crippen LogP contribution in [0.15, 0.2) is 30.5 Å². The zero-order valence-corrected chi connectivity index (χ0v) is 10.9. The SMILES string of the molecule is Cc1cccc(Cl)c1-c1nc2c(C)nccc2[nH]1. The number of benzene rings is 1. The third-order valence-electron chi connectivity index (χ3n) is 3.04. The topological polar surface area (TPSA) is 41.6 Å². The molecular formula is C14H12ClN3. The van der Waals surface area contributed by atoms with Crippen LogP contribution >= 0.6 is 11.6 Å². The van der Waals surface area contributed by atoms with Gasteiger partial charge in [0.15, 0.2) is 0 Å².